The molecule has 1 rings (SSSR count). The molecule has 0 saturated carbocycles. The number of nitrogens with zero attached hydrogens (tertiary/aromatic N) is 1. The first-order chi connectivity index (χ1) is 8.08. The summed E-state index contributed by atoms with van der Waals surface area (Å²) in [6, 6.07) is -0.223. The van der Waals surface area contributed by atoms with Crippen LogP contribution in [0.5, 0.6) is 0 Å². The first-order valence-electron chi connectivity index (χ1n) is 6.50. The van der Waals surface area contributed by atoms with Crippen LogP contribution >= 0.6 is 0 Å². The predicted octanol–water partition coefficient (Wildman–Crippen LogP) is 2.10. The van der Waals surface area contributed by atoms with Crippen molar-refractivity contribution in [2.45, 2.75) is 71.4 Å². The molecule has 0 spiro atoms. The van der Waals surface area contributed by atoms with Crippen molar-refractivity contribution in [2.75, 3.05) is 6.61 Å². The number of carbonyl (C=O) groups excluding carboxylic acids is 1. The fourth-order valence-electron chi connectivity index (χ4n) is 2.09. The third-order valence-electron chi connectivity index (χ3n) is 3.07. The molecule has 2 atom stereocenters. The monoisotopic (exact) mass is 258 g/mol. The molecule has 5 nitrogen and oxygen atoms in total. The summed E-state index contributed by atoms with van der Waals surface area (Å²) >= 11 is 0. The van der Waals surface area contributed by atoms with Crippen molar-refractivity contribution in [2.24, 2.45) is 5.73 Å². The lowest BCUT2D eigenvalue weighted by Crippen LogP contribution is -2.55. The summed E-state index contributed by atoms with van der Waals surface area (Å²) in [4.78, 5) is 13.9. The molecule has 0 bridgehead atoms. The van der Waals surface area contributed by atoms with Gasteiger partial charge in [-0.15, -0.1) is 0 Å². The van der Waals surface area contributed by atoms with Crippen molar-refractivity contribution in [3.63, 3.8) is 0 Å². The van der Waals surface area contributed by atoms with Gasteiger partial charge in [0.1, 0.15) is 11.3 Å². The molecule has 1 heterocycles. The van der Waals surface area contributed by atoms with E-state index < -0.39 is 11.3 Å². The summed E-state index contributed by atoms with van der Waals surface area (Å²) in [5.41, 5.74) is 4.88. The molecule has 1 fully saturated rings. The van der Waals surface area contributed by atoms with E-state index in [1.54, 1.807) is 4.90 Å². The van der Waals surface area contributed by atoms with Gasteiger partial charge in [-0.2, -0.15) is 0 Å². The number of hydrogen-bond donors (Lipinski definition) is 1. The van der Waals surface area contributed by atoms with Gasteiger partial charge < -0.3 is 15.2 Å². The van der Waals surface area contributed by atoms with Crippen LogP contribution in [0.15, 0.2) is 0 Å². The smallest absolute Gasteiger partial charge is 0.412 e. The molecular weight excluding hydrogens is 232 g/mol. The summed E-state index contributed by atoms with van der Waals surface area (Å²) in [5.74, 6) is 0. The van der Waals surface area contributed by atoms with E-state index in [9.17, 15) is 4.79 Å². The highest BCUT2D eigenvalue weighted by molar-refractivity contribution is 5.70. The number of nitrogens with two attached hydrogens (primary N) is 1. The molecule has 1 aliphatic rings. The maximum Gasteiger partial charge on any atom is 0.412 e. The topological polar surface area (TPSA) is 64.8 Å². The molecule has 0 aromatic heterocycles. The quantitative estimate of drug-likeness (QED) is 0.823. The van der Waals surface area contributed by atoms with Gasteiger partial charge in [-0.05, 0) is 41.0 Å². The third-order valence-corrected chi connectivity index (χ3v) is 3.07. The second-order valence-corrected chi connectivity index (χ2v) is 6.25. The maximum atomic E-state index is 12.3. The zero-order chi connectivity index (χ0) is 14.1. The summed E-state index contributed by atoms with van der Waals surface area (Å²) < 4.78 is 11.1. The van der Waals surface area contributed by atoms with Gasteiger partial charge in [-0.3, -0.25) is 4.90 Å². The summed E-state index contributed by atoms with van der Waals surface area (Å²) in [5, 5.41) is 0. The zero-order valence-corrected chi connectivity index (χ0v) is 12.3. The number of amides is 1. The number of carbonyl (C=O) groups is 1. The normalized spacial score (nSPS) is 25.1. The van der Waals surface area contributed by atoms with Gasteiger partial charge in [0.15, 0.2) is 0 Å². The summed E-state index contributed by atoms with van der Waals surface area (Å²) in [6.07, 6.45) is 0.433. The molecule has 5 heteroatoms. The minimum absolute atomic E-state index is 0.0979. The molecule has 1 saturated heterocycles. The van der Waals surface area contributed by atoms with Crippen LogP contribution in [0.4, 0.5) is 4.79 Å². The fraction of sp³-hybridized carbons (Fsp3) is 0.923. The van der Waals surface area contributed by atoms with Crippen LogP contribution in [0.25, 0.3) is 0 Å². The first kappa shape index (κ1) is 15.2. The Kier molecular flexibility index (Phi) is 4.28. The van der Waals surface area contributed by atoms with Gasteiger partial charge in [0, 0.05) is 6.04 Å². The largest absolute Gasteiger partial charge is 0.444 e. The third kappa shape index (κ3) is 3.36. The second-order valence-electron chi connectivity index (χ2n) is 6.25. The van der Waals surface area contributed by atoms with Gasteiger partial charge >= 0.3 is 6.09 Å². The Morgan fingerprint density at radius 2 is 2.11 bits per heavy atom. The van der Waals surface area contributed by atoms with Crippen LogP contribution in [0, 0.1) is 0 Å². The van der Waals surface area contributed by atoms with Crippen molar-refractivity contribution in [3.8, 4) is 0 Å². The molecule has 1 amide bonds. The van der Waals surface area contributed by atoms with Crippen LogP contribution in [0.2, 0.25) is 0 Å². The Labute approximate surface area is 110 Å². The van der Waals surface area contributed by atoms with E-state index in [1.807, 2.05) is 41.5 Å². The second kappa shape index (κ2) is 5.05. The number of ether oxygens (including phenoxy) is 2. The van der Waals surface area contributed by atoms with Crippen LogP contribution < -0.4 is 5.73 Å². The van der Waals surface area contributed by atoms with E-state index in [1.165, 1.54) is 0 Å². The average molecular weight is 258 g/mol. The Morgan fingerprint density at radius 1 is 1.56 bits per heavy atom. The average Bonchev–Trinajstić information content (AvgIpc) is 2.50. The van der Waals surface area contributed by atoms with Crippen LogP contribution in [-0.4, -0.2) is 41.0 Å². The van der Waals surface area contributed by atoms with Crippen LogP contribution in [0.3, 0.4) is 0 Å². The van der Waals surface area contributed by atoms with Crippen LogP contribution in [0.1, 0.15) is 48.0 Å². The molecule has 1 aliphatic heterocycles. The molecule has 0 radical (unpaired) electrons. The van der Waals surface area contributed by atoms with Crippen molar-refractivity contribution in [3.05, 3.63) is 0 Å². The van der Waals surface area contributed by atoms with E-state index in [2.05, 4.69) is 0 Å². The Balaban J connectivity index is 2.88. The Hall–Kier alpha value is -0.810. The Bertz CT molecular complexity index is 310. The van der Waals surface area contributed by atoms with Gasteiger partial charge in [-0.25, -0.2) is 4.79 Å². The van der Waals surface area contributed by atoms with E-state index in [-0.39, 0.29) is 18.2 Å². The number of hydrogen-bond acceptors (Lipinski definition) is 4. The molecule has 18 heavy (non-hydrogen) atoms. The van der Waals surface area contributed by atoms with E-state index >= 15 is 0 Å². The minimum atomic E-state index is -0.667. The molecular formula is C13H26N2O3. The number of rotatable bonds is 2. The molecule has 2 N–H and O–H groups in total. The van der Waals surface area contributed by atoms with Gasteiger partial charge in [0.25, 0.3) is 0 Å². The predicted molar refractivity (Wildman–Crippen MR) is 70.2 cm³/mol. The van der Waals surface area contributed by atoms with E-state index in [0.29, 0.717) is 6.61 Å². The van der Waals surface area contributed by atoms with Crippen LogP contribution in [-0.2, 0) is 9.47 Å². The van der Waals surface area contributed by atoms with Crippen molar-refractivity contribution in [1.29, 1.82) is 0 Å². The zero-order valence-electron chi connectivity index (χ0n) is 12.3. The highest BCUT2D eigenvalue weighted by Gasteiger charge is 2.47. The lowest BCUT2D eigenvalue weighted by molar-refractivity contribution is -0.0632. The Morgan fingerprint density at radius 3 is 2.56 bits per heavy atom. The maximum absolute atomic E-state index is 12.3. The highest BCUT2D eigenvalue weighted by atomic mass is 16.6. The summed E-state index contributed by atoms with van der Waals surface area (Å²) in [7, 11) is 0. The molecule has 0 aromatic rings. The lowest BCUT2D eigenvalue weighted by atomic mass is 10.1. The minimum Gasteiger partial charge on any atom is -0.444 e. The molecule has 0 aliphatic carbocycles. The lowest BCUT2D eigenvalue weighted by Gasteiger charge is -2.36. The van der Waals surface area contributed by atoms with E-state index in [0.717, 1.165) is 6.42 Å². The summed E-state index contributed by atoms with van der Waals surface area (Å²) in [6.45, 7) is 11.7. The highest BCUT2D eigenvalue weighted by Crippen LogP contribution is 2.30. The van der Waals surface area contributed by atoms with Gasteiger partial charge in [0.2, 0.25) is 0 Å². The standard InChI is InChI=1S/C13H26N2O3/c1-7-9(14)10-8-17-13(5,6)15(10)11(16)18-12(2,3)4/h9-10H,7-8,14H2,1-6H3/t9-,10-/m1/s1. The SMILES string of the molecule is CC[C@@H](N)[C@H]1COC(C)(C)N1C(=O)OC(C)(C)C. The molecule has 106 valence electrons. The molecule has 0 aromatic carbocycles. The fourth-order valence-corrected chi connectivity index (χ4v) is 2.09. The van der Waals surface area contributed by atoms with E-state index in [4.69, 9.17) is 15.2 Å². The van der Waals surface area contributed by atoms with Crippen molar-refractivity contribution < 1.29 is 14.3 Å². The van der Waals surface area contributed by atoms with Crippen molar-refractivity contribution in [1.82, 2.24) is 4.90 Å². The molecule has 0 unspecified atom stereocenters. The first-order valence-corrected chi connectivity index (χ1v) is 6.50. The van der Waals surface area contributed by atoms with Crippen molar-refractivity contribution >= 4 is 6.09 Å². The van der Waals surface area contributed by atoms with Gasteiger partial charge in [-0.1, -0.05) is 6.92 Å². The van der Waals surface area contributed by atoms with Gasteiger partial charge in [0.05, 0.1) is 12.6 Å².